The van der Waals surface area contributed by atoms with Gasteiger partial charge in [-0.3, -0.25) is 14.4 Å². The Morgan fingerprint density at radius 2 is 0.515 bits per heavy atom. The fraction of sp³-hybridized carbons (Fsp3) is 0.952. The molecule has 0 fully saturated rings. The lowest BCUT2D eigenvalue weighted by molar-refractivity contribution is -0.167. The van der Waals surface area contributed by atoms with Gasteiger partial charge in [0.25, 0.3) is 0 Å². The van der Waals surface area contributed by atoms with Gasteiger partial charge in [0, 0.05) is 19.3 Å². The lowest BCUT2D eigenvalue weighted by atomic mass is 9.99. The zero-order valence-corrected chi connectivity index (χ0v) is 46.9. The SMILES string of the molecule is CCC(C)CCCCCCCCCCCCCCCCCCCCC(=O)O[C@H](COC(=O)CCCCCCCCCCCCCCCCCC(C)C)COC(=O)CCCCCCCCCC(C)C. The molecule has 0 aromatic rings. The van der Waals surface area contributed by atoms with E-state index < -0.39 is 6.10 Å². The van der Waals surface area contributed by atoms with Crippen molar-refractivity contribution in [2.75, 3.05) is 13.2 Å². The molecule has 0 aliphatic heterocycles. The van der Waals surface area contributed by atoms with Crippen molar-refractivity contribution in [2.45, 2.75) is 349 Å². The summed E-state index contributed by atoms with van der Waals surface area (Å²) >= 11 is 0. The number of esters is 3. The van der Waals surface area contributed by atoms with E-state index in [-0.39, 0.29) is 31.1 Å². The number of hydrogen-bond acceptors (Lipinski definition) is 6. The first kappa shape index (κ1) is 66.4. The molecule has 68 heavy (non-hydrogen) atoms. The van der Waals surface area contributed by atoms with E-state index in [1.807, 2.05) is 0 Å². The topological polar surface area (TPSA) is 78.9 Å². The van der Waals surface area contributed by atoms with Crippen molar-refractivity contribution in [3.63, 3.8) is 0 Å². The molecule has 0 aliphatic rings. The smallest absolute Gasteiger partial charge is 0.306 e. The fourth-order valence-electron chi connectivity index (χ4n) is 9.50. The third-order valence-electron chi connectivity index (χ3n) is 14.5. The van der Waals surface area contributed by atoms with Gasteiger partial charge in [0.1, 0.15) is 13.2 Å². The minimum atomic E-state index is -0.764. The lowest BCUT2D eigenvalue weighted by Gasteiger charge is -2.18. The van der Waals surface area contributed by atoms with E-state index in [2.05, 4.69) is 41.5 Å². The molecule has 0 spiro atoms. The number of ether oxygens (including phenoxy) is 3. The minimum absolute atomic E-state index is 0.0637. The second-order valence-electron chi connectivity index (χ2n) is 22.5. The van der Waals surface area contributed by atoms with Crippen LogP contribution >= 0.6 is 0 Å². The fourth-order valence-corrected chi connectivity index (χ4v) is 9.50. The van der Waals surface area contributed by atoms with Crippen LogP contribution in [-0.2, 0) is 28.6 Å². The summed E-state index contributed by atoms with van der Waals surface area (Å²) in [6.07, 6.45) is 56.8. The number of unbranched alkanes of at least 4 members (excludes halogenated alkanes) is 37. The van der Waals surface area contributed by atoms with Crippen molar-refractivity contribution in [1.82, 2.24) is 0 Å². The number of rotatable bonds is 55. The van der Waals surface area contributed by atoms with Gasteiger partial charge in [-0.25, -0.2) is 0 Å². The number of carbonyl (C=O) groups excluding carboxylic acids is 3. The maximum atomic E-state index is 12.9. The Hall–Kier alpha value is -1.59. The van der Waals surface area contributed by atoms with Crippen LogP contribution in [0.25, 0.3) is 0 Å². The van der Waals surface area contributed by atoms with Gasteiger partial charge in [-0.15, -0.1) is 0 Å². The minimum Gasteiger partial charge on any atom is -0.462 e. The van der Waals surface area contributed by atoms with E-state index in [1.165, 1.54) is 225 Å². The molecule has 0 saturated heterocycles. The molecule has 0 saturated carbocycles. The summed E-state index contributed by atoms with van der Waals surface area (Å²) in [6, 6.07) is 0. The van der Waals surface area contributed by atoms with Gasteiger partial charge < -0.3 is 14.2 Å². The van der Waals surface area contributed by atoms with Gasteiger partial charge in [0.2, 0.25) is 0 Å². The summed E-state index contributed by atoms with van der Waals surface area (Å²) in [5.41, 5.74) is 0. The Labute approximate surface area is 425 Å². The molecule has 6 nitrogen and oxygen atoms in total. The molecule has 0 N–H and O–H groups in total. The average molecular weight is 962 g/mol. The molecular formula is C62H120O6. The second-order valence-corrected chi connectivity index (χ2v) is 22.5. The van der Waals surface area contributed by atoms with Gasteiger partial charge in [-0.05, 0) is 37.0 Å². The van der Waals surface area contributed by atoms with Crippen molar-refractivity contribution < 1.29 is 28.6 Å². The van der Waals surface area contributed by atoms with E-state index in [0.29, 0.717) is 19.3 Å². The van der Waals surface area contributed by atoms with Crippen molar-refractivity contribution in [3.8, 4) is 0 Å². The van der Waals surface area contributed by atoms with Crippen LogP contribution in [0.3, 0.4) is 0 Å². The molecule has 6 heteroatoms. The van der Waals surface area contributed by atoms with Gasteiger partial charge in [-0.1, -0.05) is 305 Å². The standard InChI is InChI=1S/C62H120O6/c1-7-58(6)50-44-38-32-26-22-18-14-10-8-9-11-15-20-24-28-34-41-47-53-62(65)68-59(55-67-61(64)52-46-40-35-29-31-37-43-49-57(4)5)54-66-60(63)51-45-39-33-27-23-19-16-12-13-17-21-25-30-36-42-48-56(2)3/h56-59H,7-55H2,1-6H3/t58?,59-/m1/s1. The summed E-state index contributed by atoms with van der Waals surface area (Å²) < 4.78 is 16.9. The molecule has 0 amide bonds. The average Bonchev–Trinajstić information content (AvgIpc) is 3.31. The first-order valence-electron chi connectivity index (χ1n) is 30.6. The van der Waals surface area contributed by atoms with E-state index in [1.54, 1.807) is 0 Å². The Balaban J connectivity index is 4.21. The van der Waals surface area contributed by atoms with Crippen LogP contribution in [0.5, 0.6) is 0 Å². The van der Waals surface area contributed by atoms with Crippen LogP contribution in [0, 0.1) is 17.8 Å². The summed E-state index contributed by atoms with van der Waals surface area (Å²) in [7, 11) is 0. The quantitative estimate of drug-likeness (QED) is 0.0343. The maximum Gasteiger partial charge on any atom is 0.306 e. The Kier molecular flexibility index (Phi) is 52.0. The zero-order valence-electron chi connectivity index (χ0n) is 46.9. The first-order chi connectivity index (χ1) is 33.1. The third kappa shape index (κ3) is 53.8. The van der Waals surface area contributed by atoms with Crippen molar-refractivity contribution >= 4 is 17.9 Å². The highest BCUT2D eigenvalue weighted by atomic mass is 16.6. The Bertz CT molecular complexity index is 1060. The second kappa shape index (κ2) is 53.2. The van der Waals surface area contributed by atoms with Crippen molar-refractivity contribution in [3.05, 3.63) is 0 Å². The highest BCUT2D eigenvalue weighted by Gasteiger charge is 2.19. The summed E-state index contributed by atoms with van der Waals surface area (Å²) in [4.78, 5) is 38.2. The molecule has 0 bridgehead atoms. The van der Waals surface area contributed by atoms with Crippen LogP contribution < -0.4 is 0 Å². The molecular weight excluding hydrogens is 841 g/mol. The predicted molar refractivity (Wildman–Crippen MR) is 293 cm³/mol. The van der Waals surface area contributed by atoms with Gasteiger partial charge in [-0.2, -0.15) is 0 Å². The molecule has 0 aromatic heterocycles. The highest BCUT2D eigenvalue weighted by Crippen LogP contribution is 2.19. The van der Waals surface area contributed by atoms with E-state index in [9.17, 15) is 14.4 Å². The van der Waals surface area contributed by atoms with Crippen LogP contribution in [0.4, 0.5) is 0 Å². The lowest BCUT2D eigenvalue weighted by Crippen LogP contribution is -2.30. The monoisotopic (exact) mass is 961 g/mol. The van der Waals surface area contributed by atoms with E-state index >= 15 is 0 Å². The summed E-state index contributed by atoms with van der Waals surface area (Å²) in [5, 5.41) is 0. The van der Waals surface area contributed by atoms with Gasteiger partial charge >= 0.3 is 17.9 Å². The maximum absolute atomic E-state index is 12.9. The first-order valence-corrected chi connectivity index (χ1v) is 30.6. The molecule has 0 radical (unpaired) electrons. The van der Waals surface area contributed by atoms with E-state index in [0.717, 1.165) is 75.5 Å². The van der Waals surface area contributed by atoms with Crippen molar-refractivity contribution in [1.29, 1.82) is 0 Å². The highest BCUT2D eigenvalue weighted by molar-refractivity contribution is 5.71. The molecule has 0 heterocycles. The summed E-state index contributed by atoms with van der Waals surface area (Å²) in [5.74, 6) is 1.70. The number of hydrogen-bond donors (Lipinski definition) is 0. The van der Waals surface area contributed by atoms with Crippen LogP contribution in [0.1, 0.15) is 343 Å². The molecule has 2 atom stereocenters. The third-order valence-corrected chi connectivity index (χ3v) is 14.5. The normalized spacial score (nSPS) is 12.5. The summed E-state index contributed by atoms with van der Waals surface area (Å²) in [6.45, 7) is 13.8. The van der Waals surface area contributed by atoms with Crippen LogP contribution in [0.15, 0.2) is 0 Å². The van der Waals surface area contributed by atoms with Gasteiger partial charge in [0.05, 0.1) is 0 Å². The Morgan fingerprint density at radius 3 is 0.765 bits per heavy atom. The van der Waals surface area contributed by atoms with Gasteiger partial charge in [0.15, 0.2) is 6.10 Å². The molecule has 0 aromatic carbocycles. The predicted octanol–water partition coefficient (Wildman–Crippen LogP) is 20.3. The Morgan fingerprint density at radius 1 is 0.294 bits per heavy atom. The van der Waals surface area contributed by atoms with Crippen molar-refractivity contribution in [2.24, 2.45) is 17.8 Å². The molecule has 0 rings (SSSR count). The largest absolute Gasteiger partial charge is 0.462 e. The molecule has 1 unspecified atom stereocenters. The van der Waals surface area contributed by atoms with Crippen LogP contribution in [0.2, 0.25) is 0 Å². The molecule has 0 aliphatic carbocycles. The van der Waals surface area contributed by atoms with Crippen LogP contribution in [-0.4, -0.2) is 37.2 Å². The molecule has 404 valence electrons. The number of carbonyl (C=O) groups is 3. The zero-order chi connectivity index (χ0) is 49.8. The van der Waals surface area contributed by atoms with E-state index in [4.69, 9.17) is 14.2 Å².